The number of ether oxygens (including phenoxy) is 2. The van der Waals surface area contributed by atoms with Crippen LogP contribution < -0.4 is 10.1 Å². The summed E-state index contributed by atoms with van der Waals surface area (Å²) in [6.07, 6.45) is 0. The number of benzene rings is 1. The van der Waals surface area contributed by atoms with Crippen LogP contribution in [-0.2, 0) is 4.74 Å². The third-order valence-corrected chi connectivity index (χ3v) is 2.61. The molecule has 0 bridgehead atoms. The van der Waals surface area contributed by atoms with Crippen molar-refractivity contribution >= 4 is 11.6 Å². The molecule has 96 valence electrons. The van der Waals surface area contributed by atoms with Crippen LogP contribution in [0.5, 0.6) is 5.75 Å². The van der Waals surface area contributed by atoms with Crippen LogP contribution in [0.4, 0.5) is 5.69 Å². The molecule has 0 saturated carbocycles. The van der Waals surface area contributed by atoms with Crippen LogP contribution in [0.1, 0.15) is 10.4 Å². The van der Waals surface area contributed by atoms with E-state index < -0.39 is 10.8 Å². The summed E-state index contributed by atoms with van der Waals surface area (Å²) in [7, 11) is 1.41. The molecule has 2 rings (SSSR count). The number of nitro benzene ring substituents is 1. The van der Waals surface area contributed by atoms with Gasteiger partial charge in [0.15, 0.2) is 0 Å². The average molecular weight is 252 g/mol. The molecule has 1 aliphatic heterocycles. The van der Waals surface area contributed by atoms with Crippen molar-refractivity contribution in [2.24, 2.45) is 0 Å². The highest BCUT2D eigenvalue weighted by Crippen LogP contribution is 2.24. The Balaban J connectivity index is 2.24. The van der Waals surface area contributed by atoms with Crippen molar-refractivity contribution in [2.45, 2.75) is 6.04 Å². The molecule has 18 heavy (non-hydrogen) atoms. The highest BCUT2D eigenvalue weighted by molar-refractivity contribution is 5.97. The van der Waals surface area contributed by atoms with E-state index in [0.717, 1.165) is 0 Å². The molecule has 1 aromatic carbocycles. The molecule has 1 amide bonds. The Morgan fingerprint density at radius 2 is 2.28 bits per heavy atom. The van der Waals surface area contributed by atoms with Crippen molar-refractivity contribution in [3.8, 4) is 5.75 Å². The summed E-state index contributed by atoms with van der Waals surface area (Å²) in [5.41, 5.74) is 0.00408. The van der Waals surface area contributed by atoms with Crippen molar-refractivity contribution in [3.63, 3.8) is 0 Å². The van der Waals surface area contributed by atoms with Gasteiger partial charge in [-0.3, -0.25) is 14.9 Å². The zero-order valence-electron chi connectivity index (χ0n) is 9.71. The van der Waals surface area contributed by atoms with E-state index in [9.17, 15) is 14.9 Å². The highest BCUT2D eigenvalue weighted by Gasteiger charge is 2.24. The van der Waals surface area contributed by atoms with Crippen molar-refractivity contribution in [1.82, 2.24) is 5.32 Å². The van der Waals surface area contributed by atoms with Crippen LogP contribution in [0, 0.1) is 10.1 Å². The molecule has 0 atom stereocenters. The minimum atomic E-state index is -0.553. The van der Waals surface area contributed by atoms with Gasteiger partial charge < -0.3 is 14.8 Å². The SMILES string of the molecule is COc1ccc([N+](=O)[O-])cc1C(=O)NC1COC1. The first kappa shape index (κ1) is 12.3. The number of rotatable bonds is 4. The molecule has 7 nitrogen and oxygen atoms in total. The molecule has 1 aliphatic rings. The summed E-state index contributed by atoms with van der Waals surface area (Å²) in [5, 5.41) is 13.4. The summed E-state index contributed by atoms with van der Waals surface area (Å²) < 4.78 is 9.96. The third-order valence-electron chi connectivity index (χ3n) is 2.61. The van der Waals surface area contributed by atoms with Gasteiger partial charge in [-0.2, -0.15) is 0 Å². The maximum Gasteiger partial charge on any atom is 0.270 e. The Kier molecular flexibility index (Phi) is 3.42. The number of carbonyl (C=O) groups excluding carboxylic acids is 1. The summed E-state index contributed by atoms with van der Waals surface area (Å²) >= 11 is 0. The van der Waals surface area contributed by atoms with Crippen molar-refractivity contribution in [2.75, 3.05) is 20.3 Å². The number of carbonyl (C=O) groups is 1. The average Bonchev–Trinajstić information content (AvgIpc) is 2.32. The third kappa shape index (κ3) is 2.40. The van der Waals surface area contributed by atoms with Gasteiger partial charge in [0.2, 0.25) is 0 Å². The second-order valence-corrected chi connectivity index (χ2v) is 3.85. The smallest absolute Gasteiger partial charge is 0.270 e. The first-order chi connectivity index (χ1) is 8.61. The zero-order valence-corrected chi connectivity index (χ0v) is 9.71. The summed E-state index contributed by atoms with van der Waals surface area (Å²) in [6.45, 7) is 0.923. The van der Waals surface area contributed by atoms with E-state index in [2.05, 4.69) is 5.32 Å². The number of nitrogens with one attached hydrogen (secondary N) is 1. The number of hydrogen-bond donors (Lipinski definition) is 1. The van der Waals surface area contributed by atoms with Crippen LogP contribution in [0.2, 0.25) is 0 Å². The molecule has 1 aromatic rings. The predicted molar refractivity (Wildman–Crippen MR) is 61.7 cm³/mol. The normalized spacial score (nSPS) is 14.7. The molecule has 0 radical (unpaired) electrons. The predicted octanol–water partition coefficient (Wildman–Crippen LogP) is 0.732. The first-order valence-electron chi connectivity index (χ1n) is 5.33. The summed E-state index contributed by atoms with van der Waals surface area (Å²) in [4.78, 5) is 22.1. The minimum absolute atomic E-state index is 0.0403. The monoisotopic (exact) mass is 252 g/mol. The number of methoxy groups -OCH3 is 1. The number of non-ortho nitro benzene ring substituents is 1. The van der Waals surface area contributed by atoms with E-state index in [1.165, 1.54) is 25.3 Å². The Bertz CT molecular complexity index is 484. The molecular weight excluding hydrogens is 240 g/mol. The topological polar surface area (TPSA) is 90.7 Å². The first-order valence-corrected chi connectivity index (χ1v) is 5.33. The number of nitro groups is 1. The van der Waals surface area contributed by atoms with E-state index in [1.807, 2.05) is 0 Å². The van der Waals surface area contributed by atoms with Gasteiger partial charge in [-0.15, -0.1) is 0 Å². The molecule has 7 heteroatoms. The van der Waals surface area contributed by atoms with E-state index in [0.29, 0.717) is 19.0 Å². The van der Waals surface area contributed by atoms with Gasteiger partial charge in [-0.25, -0.2) is 0 Å². The molecule has 1 fully saturated rings. The zero-order chi connectivity index (χ0) is 13.1. The molecule has 1 N–H and O–H groups in total. The van der Waals surface area contributed by atoms with Crippen LogP contribution >= 0.6 is 0 Å². The van der Waals surface area contributed by atoms with Crippen molar-refractivity contribution in [3.05, 3.63) is 33.9 Å². The quantitative estimate of drug-likeness (QED) is 0.630. The standard InChI is InChI=1S/C11H12N2O5/c1-17-10-3-2-8(13(15)16)4-9(10)11(14)12-7-5-18-6-7/h2-4,7H,5-6H2,1H3,(H,12,14). The molecule has 0 aromatic heterocycles. The Labute approximate surface area is 103 Å². The molecule has 0 unspecified atom stereocenters. The lowest BCUT2D eigenvalue weighted by atomic mass is 10.1. The van der Waals surface area contributed by atoms with Gasteiger partial charge in [0.1, 0.15) is 5.75 Å². The second-order valence-electron chi connectivity index (χ2n) is 3.85. The summed E-state index contributed by atoms with van der Waals surface area (Å²) in [6, 6.07) is 3.86. The lowest BCUT2D eigenvalue weighted by Gasteiger charge is -2.26. The Morgan fingerprint density at radius 1 is 1.56 bits per heavy atom. The molecule has 0 spiro atoms. The molecular formula is C11H12N2O5. The van der Waals surface area contributed by atoms with Gasteiger partial charge in [0.05, 0.1) is 36.9 Å². The fourth-order valence-electron chi connectivity index (χ4n) is 1.57. The van der Waals surface area contributed by atoms with Crippen LogP contribution in [0.25, 0.3) is 0 Å². The van der Waals surface area contributed by atoms with E-state index >= 15 is 0 Å². The highest BCUT2D eigenvalue weighted by atomic mass is 16.6. The van der Waals surface area contributed by atoms with Crippen LogP contribution in [0.15, 0.2) is 18.2 Å². The Hall–Kier alpha value is -2.15. The van der Waals surface area contributed by atoms with Crippen LogP contribution in [0.3, 0.4) is 0 Å². The van der Waals surface area contributed by atoms with Gasteiger partial charge in [0.25, 0.3) is 11.6 Å². The second kappa shape index (κ2) is 5.01. The number of amides is 1. The fraction of sp³-hybridized carbons (Fsp3) is 0.364. The maximum absolute atomic E-state index is 11.9. The maximum atomic E-state index is 11.9. The Morgan fingerprint density at radius 3 is 2.78 bits per heavy atom. The number of hydrogen-bond acceptors (Lipinski definition) is 5. The molecule has 0 aliphatic carbocycles. The number of nitrogens with zero attached hydrogens (tertiary/aromatic N) is 1. The molecule has 1 heterocycles. The lowest BCUT2D eigenvalue weighted by molar-refractivity contribution is -0.384. The van der Waals surface area contributed by atoms with E-state index in [-0.39, 0.29) is 17.3 Å². The van der Waals surface area contributed by atoms with E-state index in [4.69, 9.17) is 9.47 Å². The lowest BCUT2D eigenvalue weighted by Crippen LogP contribution is -2.48. The van der Waals surface area contributed by atoms with Gasteiger partial charge in [-0.1, -0.05) is 0 Å². The van der Waals surface area contributed by atoms with Gasteiger partial charge in [-0.05, 0) is 6.07 Å². The molecule has 1 saturated heterocycles. The largest absolute Gasteiger partial charge is 0.496 e. The van der Waals surface area contributed by atoms with Crippen LogP contribution in [-0.4, -0.2) is 37.2 Å². The van der Waals surface area contributed by atoms with Crippen molar-refractivity contribution < 1.29 is 19.2 Å². The fourth-order valence-corrected chi connectivity index (χ4v) is 1.57. The van der Waals surface area contributed by atoms with Gasteiger partial charge >= 0.3 is 0 Å². The minimum Gasteiger partial charge on any atom is -0.496 e. The van der Waals surface area contributed by atoms with Gasteiger partial charge in [0, 0.05) is 12.1 Å². The van der Waals surface area contributed by atoms with Crippen molar-refractivity contribution in [1.29, 1.82) is 0 Å². The summed E-state index contributed by atoms with van der Waals surface area (Å²) in [5.74, 6) is -0.0952. The van der Waals surface area contributed by atoms with E-state index in [1.54, 1.807) is 0 Å².